The maximum absolute atomic E-state index is 12.2. The van der Waals surface area contributed by atoms with Gasteiger partial charge in [-0.05, 0) is 60.9 Å². The van der Waals surface area contributed by atoms with Gasteiger partial charge in [0, 0.05) is 35.8 Å². The molecule has 1 aliphatic rings. The van der Waals surface area contributed by atoms with E-state index in [0.29, 0.717) is 12.4 Å². The van der Waals surface area contributed by atoms with E-state index in [1.165, 1.54) is 23.4 Å². The predicted octanol–water partition coefficient (Wildman–Crippen LogP) is 4.01. The Labute approximate surface area is 168 Å². The zero-order chi connectivity index (χ0) is 19.3. The molecule has 1 N–H and O–H groups in total. The van der Waals surface area contributed by atoms with Gasteiger partial charge in [-0.15, -0.1) is 11.3 Å². The number of hydrogen-bond acceptors (Lipinski definition) is 6. The number of carbonyl (C=O) groups is 1. The highest BCUT2D eigenvalue weighted by Crippen LogP contribution is 2.25. The third-order valence-electron chi connectivity index (χ3n) is 5.13. The SMILES string of the molecule is CC1CCN(c2ccc(-c3noc(C(=O)NCCc4cccs4)n3)cc2)CC1. The molecule has 28 heavy (non-hydrogen) atoms. The molecule has 1 saturated heterocycles. The zero-order valence-corrected chi connectivity index (χ0v) is 16.7. The average molecular weight is 397 g/mol. The van der Waals surface area contributed by atoms with Gasteiger partial charge in [-0.3, -0.25) is 4.79 Å². The molecule has 0 saturated carbocycles. The summed E-state index contributed by atoms with van der Waals surface area (Å²) in [4.78, 5) is 20.1. The number of amides is 1. The van der Waals surface area contributed by atoms with Crippen LogP contribution in [0.1, 0.15) is 35.3 Å². The highest BCUT2D eigenvalue weighted by molar-refractivity contribution is 7.09. The number of anilines is 1. The Morgan fingerprint density at radius 1 is 1.25 bits per heavy atom. The molecule has 3 aromatic rings. The molecule has 146 valence electrons. The lowest BCUT2D eigenvalue weighted by atomic mass is 9.98. The van der Waals surface area contributed by atoms with Crippen LogP contribution in [0.5, 0.6) is 0 Å². The Bertz CT molecular complexity index is 897. The van der Waals surface area contributed by atoms with Crippen LogP contribution in [0.2, 0.25) is 0 Å². The Morgan fingerprint density at radius 2 is 2.04 bits per heavy atom. The van der Waals surface area contributed by atoms with Crippen LogP contribution < -0.4 is 10.2 Å². The normalized spacial score (nSPS) is 15.0. The molecular weight excluding hydrogens is 372 g/mol. The van der Waals surface area contributed by atoms with Crippen molar-refractivity contribution in [3.8, 4) is 11.4 Å². The van der Waals surface area contributed by atoms with E-state index < -0.39 is 0 Å². The van der Waals surface area contributed by atoms with Gasteiger partial charge in [0.1, 0.15) is 0 Å². The van der Waals surface area contributed by atoms with Gasteiger partial charge in [0.05, 0.1) is 0 Å². The summed E-state index contributed by atoms with van der Waals surface area (Å²) in [5, 5.41) is 8.81. The first-order valence-corrected chi connectivity index (χ1v) is 10.6. The van der Waals surface area contributed by atoms with Crippen LogP contribution in [-0.4, -0.2) is 35.7 Å². The van der Waals surface area contributed by atoms with E-state index in [1.54, 1.807) is 11.3 Å². The second-order valence-corrected chi connectivity index (χ2v) is 8.26. The summed E-state index contributed by atoms with van der Waals surface area (Å²) in [6.45, 7) is 5.05. The second-order valence-electron chi connectivity index (χ2n) is 7.22. The van der Waals surface area contributed by atoms with Crippen LogP contribution in [0.25, 0.3) is 11.4 Å². The lowest BCUT2D eigenvalue weighted by Crippen LogP contribution is -2.32. The molecule has 0 unspecified atom stereocenters. The Balaban J connectivity index is 1.35. The summed E-state index contributed by atoms with van der Waals surface area (Å²) in [6.07, 6.45) is 3.26. The van der Waals surface area contributed by atoms with Gasteiger partial charge in [-0.1, -0.05) is 18.1 Å². The maximum Gasteiger partial charge on any atom is 0.316 e. The minimum absolute atomic E-state index is 0.00438. The average Bonchev–Trinajstić information content (AvgIpc) is 3.41. The van der Waals surface area contributed by atoms with Crippen molar-refractivity contribution in [2.24, 2.45) is 5.92 Å². The van der Waals surface area contributed by atoms with Gasteiger partial charge in [0.15, 0.2) is 0 Å². The molecule has 1 aliphatic heterocycles. The van der Waals surface area contributed by atoms with Crippen molar-refractivity contribution in [2.75, 3.05) is 24.5 Å². The summed E-state index contributed by atoms with van der Waals surface area (Å²) in [7, 11) is 0. The van der Waals surface area contributed by atoms with Crippen molar-refractivity contribution in [1.82, 2.24) is 15.5 Å². The minimum atomic E-state index is -0.339. The van der Waals surface area contributed by atoms with Gasteiger partial charge in [0.2, 0.25) is 5.82 Å². The molecule has 2 aromatic heterocycles. The first-order chi connectivity index (χ1) is 13.7. The van der Waals surface area contributed by atoms with Crippen LogP contribution in [0.15, 0.2) is 46.3 Å². The van der Waals surface area contributed by atoms with Crippen molar-refractivity contribution in [2.45, 2.75) is 26.2 Å². The van der Waals surface area contributed by atoms with Crippen molar-refractivity contribution in [3.05, 3.63) is 52.5 Å². The number of aromatic nitrogens is 2. The molecular formula is C21H24N4O2S. The molecule has 1 amide bonds. The van der Waals surface area contributed by atoms with Crippen molar-refractivity contribution < 1.29 is 9.32 Å². The van der Waals surface area contributed by atoms with Crippen LogP contribution in [0, 0.1) is 5.92 Å². The van der Waals surface area contributed by atoms with Crippen LogP contribution in [0.4, 0.5) is 5.69 Å². The molecule has 1 fully saturated rings. The maximum atomic E-state index is 12.2. The first-order valence-electron chi connectivity index (χ1n) is 9.69. The third kappa shape index (κ3) is 4.42. The van der Waals surface area contributed by atoms with E-state index in [-0.39, 0.29) is 11.8 Å². The van der Waals surface area contributed by atoms with Crippen molar-refractivity contribution in [1.29, 1.82) is 0 Å². The van der Waals surface area contributed by atoms with E-state index in [0.717, 1.165) is 31.0 Å². The summed E-state index contributed by atoms with van der Waals surface area (Å²) in [6, 6.07) is 12.2. The van der Waals surface area contributed by atoms with E-state index in [4.69, 9.17) is 4.52 Å². The molecule has 0 atom stereocenters. The van der Waals surface area contributed by atoms with Gasteiger partial charge >= 0.3 is 11.8 Å². The van der Waals surface area contributed by atoms with E-state index >= 15 is 0 Å². The van der Waals surface area contributed by atoms with Gasteiger partial charge < -0.3 is 14.7 Å². The largest absolute Gasteiger partial charge is 0.372 e. The molecule has 0 spiro atoms. The zero-order valence-electron chi connectivity index (χ0n) is 15.9. The number of nitrogens with one attached hydrogen (secondary N) is 1. The highest BCUT2D eigenvalue weighted by Gasteiger charge is 2.18. The smallest absolute Gasteiger partial charge is 0.316 e. The van der Waals surface area contributed by atoms with Crippen LogP contribution in [-0.2, 0) is 6.42 Å². The summed E-state index contributed by atoms with van der Waals surface area (Å²) in [5.74, 6) is 0.900. The molecule has 0 radical (unpaired) electrons. The number of carbonyl (C=O) groups excluding carboxylic acids is 1. The Morgan fingerprint density at radius 3 is 2.75 bits per heavy atom. The van der Waals surface area contributed by atoms with Gasteiger partial charge in [0.25, 0.3) is 0 Å². The lowest BCUT2D eigenvalue weighted by molar-refractivity contribution is 0.0910. The fourth-order valence-corrected chi connectivity index (χ4v) is 4.06. The standard InChI is InChI=1S/C21H24N4O2S/c1-15-9-12-25(13-10-15)17-6-4-16(5-7-17)19-23-21(27-24-19)20(26)22-11-8-18-3-2-14-28-18/h2-7,14-15H,8-13H2,1H3,(H,22,26). The lowest BCUT2D eigenvalue weighted by Gasteiger charge is -2.32. The topological polar surface area (TPSA) is 71.3 Å². The van der Waals surface area contributed by atoms with E-state index in [2.05, 4.69) is 45.5 Å². The molecule has 1 aromatic carbocycles. The first kappa shape index (κ1) is 18.7. The number of piperidine rings is 1. The predicted molar refractivity (Wildman–Crippen MR) is 111 cm³/mol. The minimum Gasteiger partial charge on any atom is -0.372 e. The summed E-state index contributed by atoms with van der Waals surface area (Å²) in [5.41, 5.74) is 2.06. The second kappa shape index (κ2) is 8.56. The van der Waals surface area contributed by atoms with E-state index in [1.807, 2.05) is 23.6 Å². The van der Waals surface area contributed by atoms with Gasteiger partial charge in [-0.25, -0.2) is 0 Å². The number of thiophene rings is 1. The Kier molecular flexibility index (Phi) is 5.71. The quantitative estimate of drug-likeness (QED) is 0.682. The van der Waals surface area contributed by atoms with Crippen molar-refractivity contribution >= 4 is 22.9 Å². The molecule has 3 heterocycles. The van der Waals surface area contributed by atoms with Crippen molar-refractivity contribution in [3.63, 3.8) is 0 Å². The molecule has 0 aliphatic carbocycles. The van der Waals surface area contributed by atoms with Gasteiger partial charge in [-0.2, -0.15) is 4.98 Å². The van der Waals surface area contributed by atoms with E-state index in [9.17, 15) is 4.79 Å². The fraction of sp³-hybridized carbons (Fsp3) is 0.381. The summed E-state index contributed by atoms with van der Waals surface area (Å²) >= 11 is 1.68. The molecule has 6 nitrogen and oxygen atoms in total. The number of nitrogens with zero attached hydrogens (tertiary/aromatic N) is 3. The van der Waals surface area contributed by atoms with Crippen LogP contribution >= 0.6 is 11.3 Å². The third-order valence-corrected chi connectivity index (χ3v) is 6.07. The molecule has 7 heteroatoms. The number of rotatable bonds is 6. The number of hydrogen-bond donors (Lipinski definition) is 1. The Hall–Kier alpha value is -2.67. The highest BCUT2D eigenvalue weighted by atomic mass is 32.1. The van der Waals surface area contributed by atoms with Crippen LogP contribution in [0.3, 0.4) is 0 Å². The molecule has 4 rings (SSSR count). The monoisotopic (exact) mass is 396 g/mol. The fourth-order valence-electron chi connectivity index (χ4n) is 3.35. The number of benzene rings is 1. The molecule has 0 bridgehead atoms. The summed E-state index contributed by atoms with van der Waals surface area (Å²) < 4.78 is 5.15.